The Hall–Kier alpha value is -0.380. The zero-order valence-corrected chi connectivity index (χ0v) is 10.9. The predicted octanol–water partition coefficient (Wildman–Crippen LogP) is 1.57. The molecule has 2 N–H and O–H groups in total. The molecule has 2 bridgehead atoms. The molecule has 0 spiro atoms. The molecular formula is C14H25NO2. The second-order valence-corrected chi connectivity index (χ2v) is 5.58. The third-order valence-electron chi connectivity index (χ3n) is 4.28. The molecule has 3 nitrogen and oxygen atoms in total. The van der Waals surface area contributed by atoms with Crippen molar-refractivity contribution in [1.82, 2.24) is 5.32 Å². The van der Waals surface area contributed by atoms with Crippen molar-refractivity contribution in [1.29, 1.82) is 0 Å². The fourth-order valence-corrected chi connectivity index (χ4v) is 3.30. The lowest BCUT2D eigenvalue weighted by Crippen LogP contribution is -2.37. The maximum absolute atomic E-state index is 9.56. The van der Waals surface area contributed by atoms with Crippen molar-refractivity contribution in [3.63, 3.8) is 0 Å². The fraction of sp³-hybridized carbons (Fsp3) is 0.857. The van der Waals surface area contributed by atoms with E-state index in [0.717, 1.165) is 30.7 Å². The molecule has 1 fully saturated rings. The van der Waals surface area contributed by atoms with E-state index in [0.29, 0.717) is 12.6 Å². The van der Waals surface area contributed by atoms with Crippen LogP contribution in [-0.2, 0) is 4.74 Å². The van der Waals surface area contributed by atoms with E-state index in [1.807, 2.05) is 0 Å². The molecule has 17 heavy (non-hydrogen) atoms. The second-order valence-electron chi connectivity index (χ2n) is 5.58. The van der Waals surface area contributed by atoms with Crippen molar-refractivity contribution < 1.29 is 9.84 Å². The topological polar surface area (TPSA) is 41.5 Å². The van der Waals surface area contributed by atoms with Gasteiger partial charge in [-0.3, -0.25) is 0 Å². The maximum atomic E-state index is 9.56. The highest BCUT2D eigenvalue weighted by Gasteiger charge is 2.38. The normalized spacial score (nSPS) is 34.2. The standard InChI is InChI=1S/C14H25NO2/c1-10(15-6-5-13(16)9-17-2)14-8-11-3-4-12(14)7-11/h3-4,10-16H,5-9H2,1-2H3. The van der Waals surface area contributed by atoms with E-state index in [1.54, 1.807) is 7.11 Å². The number of allylic oxidation sites excluding steroid dienone is 2. The summed E-state index contributed by atoms with van der Waals surface area (Å²) >= 11 is 0. The number of hydrogen-bond acceptors (Lipinski definition) is 3. The summed E-state index contributed by atoms with van der Waals surface area (Å²) < 4.78 is 4.91. The van der Waals surface area contributed by atoms with Gasteiger partial charge in [0, 0.05) is 13.2 Å². The first-order valence-electron chi connectivity index (χ1n) is 6.79. The summed E-state index contributed by atoms with van der Waals surface area (Å²) in [6.07, 6.45) is 7.93. The van der Waals surface area contributed by atoms with Crippen LogP contribution in [0.5, 0.6) is 0 Å². The molecule has 0 aromatic carbocycles. The molecule has 2 rings (SSSR count). The molecule has 0 radical (unpaired) electrons. The van der Waals surface area contributed by atoms with Crippen LogP contribution in [0.15, 0.2) is 12.2 Å². The first-order valence-corrected chi connectivity index (χ1v) is 6.79. The number of aliphatic hydroxyl groups excluding tert-OH is 1. The minimum absolute atomic E-state index is 0.334. The third-order valence-corrected chi connectivity index (χ3v) is 4.28. The van der Waals surface area contributed by atoms with Crippen molar-refractivity contribution in [2.45, 2.75) is 38.3 Å². The van der Waals surface area contributed by atoms with Crippen molar-refractivity contribution in [3.8, 4) is 0 Å². The van der Waals surface area contributed by atoms with Gasteiger partial charge in [-0.1, -0.05) is 12.2 Å². The number of rotatable bonds is 7. The Morgan fingerprint density at radius 2 is 2.24 bits per heavy atom. The Morgan fingerprint density at radius 3 is 2.82 bits per heavy atom. The van der Waals surface area contributed by atoms with Gasteiger partial charge >= 0.3 is 0 Å². The van der Waals surface area contributed by atoms with E-state index >= 15 is 0 Å². The molecule has 2 aliphatic carbocycles. The van der Waals surface area contributed by atoms with Crippen LogP contribution in [0.25, 0.3) is 0 Å². The molecule has 3 heteroatoms. The van der Waals surface area contributed by atoms with E-state index in [4.69, 9.17) is 4.74 Å². The molecule has 2 aliphatic rings. The average molecular weight is 239 g/mol. The van der Waals surface area contributed by atoms with Gasteiger partial charge in [0.05, 0.1) is 12.7 Å². The van der Waals surface area contributed by atoms with Gasteiger partial charge in [-0.15, -0.1) is 0 Å². The zero-order valence-electron chi connectivity index (χ0n) is 10.9. The molecule has 0 amide bonds. The lowest BCUT2D eigenvalue weighted by Gasteiger charge is -2.26. The van der Waals surface area contributed by atoms with E-state index in [2.05, 4.69) is 24.4 Å². The van der Waals surface area contributed by atoms with Crippen LogP contribution in [0.4, 0.5) is 0 Å². The van der Waals surface area contributed by atoms with Crippen molar-refractivity contribution >= 4 is 0 Å². The van der Waals surface area contributed by atoms with Crippen LogP contribution < -0.4 is 5.32 Å². The lowest BCUT2D eigenvalue weighted by atomic mass is 9.87. The number of fused-ring (bicyclic) bond motifs is 2. The van der Waals surface area contributed by atoms with Crippen molar-refractivity contribution in [2.24, 2.45) is 17.8 Å². The monoisotopic (exact) mass is 239 g/mol. The minimum Gasteiger partial charge on any atom is -0.391 e. The smallest absolute Gasteiger partial charge is 0.0785 e. The van der Waals surface area contributed by atoms with E-state index in [9.17, 15) is 5.11 Å². The Bertz CT molecular complexity index is 267. The Balaban J connectivity index is 1.64. The van der Waals surface area contributed by atoms with Gasteiger partial charge < -0.3 is 15.2 Å². The van der Waals surface area contributed by atoms with Gasteiger partial charge in [-0.25, -0.2) is 0 Å². The van der Waals surface area contributed by atoms with Crippen LogP contribution in [0.1, 0.15) is 26.2 Å². The van der Waals surface area contributed by atoms with Crippen LogP contribution in [0, 0.1) is 17.8 Å². The lowest BCUT2D eigenvalue weighted by molar-refractivity contribution is 0.0586. The van der Waals surface area contributed by atoms with Crippen LogP contribution in [0.3, 0.4) is 0 Å². The molecule has 1 saturated carbocycles. The highest BCUT2D eigenvalue weighted by atomic mass is 16.5. The summed E-state index contributed by atoms with van der Waals surface area (Å²) in [6.45, 7) is 3.60. The maximum Gasteiger partial charge on any atom is 0.0785 e. The van der Waals surface area contributed by atoms with E-state index in [1.165, 1.54) is 12.8 Å². The summed E-state index contributed by atoms with van der Waals surface area (Å²) in [7, 11) is 1.63. The highest BCUT2D eigenvalue weighted by Crippen LogP contribution is 2.44. The summed E-state index contributed by atoms with van der Waals surface area (Å²) in [5.41, 5.74) is 0. The fourth-order valence-electron chi connectivity index (χ4n) is 3.30. The number of hydrogen-bond donors (Lipinski definition) is 2. The molecular weight excluding hydrogens is 214 g/mol. The van der Waals surface area contributed by atoms with E-state index < -0.39 is 0 Å². The highest BCUT2D eigenvalue weighted by molar-refractivity contribution is 5.11. The summed E-state index contributed by atoms with van der Waals surface area (Å²) in [5.74, 6) is 2.43. The third kappa shape index (κ3) is 3.30. The Kier molecular flexibility index (Phi) is 4.60. The first-order chi connectivity index (χ1) is 8.20. The predicted molar refractivity (Wildman–Crippen MR) is 68.8 cm³/mol. The number of ether oxygens (including phenoxy) is 1. The largest absolute Gasteiger partial charge is 0.391 e. The molecule has 0 aromatic heterocycles. The van der Waals surface area contributed by atoms with Gasteiger partial charge in [0.1, 0.15) is 0 Å². The van der Waals surface area contributed by atoms with Gasteiger partial charge in [0.25, 0.3) is 0 Å². The van der Waals surface area contributed by atoms with Gasteiger partial charge in [0.15, 0.2) is 0 Å². The zero-order chi connectivity index (χ0) is 12.3. The van der Waals surface area contributed by atoms with Crippen LogP contribution >= 0.6 is 0 Å². The molecule has 5 atom stereocenters. The summed E-state index contributed by atoms with van der Waals surface area (Å²) in [5, 5.41) is 13.1. The van der Waals surface area contributed by atoms with Crippen molar-refractivity contribution in [3.05, 3.63) is 12.2 Å². The Morgan fingerprint density at radius 1 is 1.41 bits per heavy atom. The SMILES string of the molecule is COCC(O)CCNC(C)C1CC2C=CC1C2. The van der Waals surface area contributed by atoms with Gasteiger partial charge in [-0.2, -0.15) is 0 Å². The molecule has 5 unspecified atom stereocenters. The van der Waals surface area contributed by atoms with Crippen LogP contribution in [0.2, 0.25) is 0 Å². The minimum atomic E-state index is -0.334. The van der Waals surface area contributed by atoms with Gasteiger partial charge in [0.2, 0.25) is 0 Å². The summed E-state index contributed by atoms with van der Waals surface area (Å²) in [6, 6.07) is 0.560. The average Bonchev–Trinajstić information content (AvgIpc) is 2.90. The molecule has 0 aromatic rings. The first kappa shape index (κ1) is 13.1. The number of nitrogens with one attached hydrogen (secondary N) is 1. The number of methoxy groups -OCH3 is 1. The summed E-state index contributed by atoms with van der Waals surface area (Å²) in [4.78, 5) is 0. The van der Waals surface area contributed by atoms with E-state index in [-0.39, 0.29) is 6.10 Å². The quantitative estimate of drug-likeness (QED) is 0.663. The molecule has 98 valence electrons. The van der Waals surface area contributed by atoms with Gasteiger partial charge in [-0.05, 0) is 50.5 Å². The van der Waals surface area contributed by atoms with Crippen molar-refractivity contribution in [2.75, 3.05) is 20.3 Å². The number of aliphatic hydroxyl groups is 1. The molecule has 0 heterocycles. The van der Waals surface area contributed by atoms with Crippen LogP contribution in [-0.4, -0.2) is 37.5 Å². The second kappa shape index (κ2) is 5.98. The molecule has 0 saturated heterocycles. The molecule has 0 aliphatic heterocycles. The Labute approximate surface area is 104 Å².